The summed E-state index contributed by atoms with van der Waals surface area (Å²) in [6, 6.07) is 7.14. The lowest BCUT2D eigenvalue weighted by molar-refractivity contribution is -0.146. The molecule has 1 aliphatic rings. The second kappa shape index (κ2) is 6.82. The second-order valence-electron chi connectivity index (χ2n) is 7.68. The third-order valence-corrected chi connectivity index (χ3v) is 4.23. The van der Waals surface area contributed by atoms with Crippen LogP contribution in [0.15, 0.2) is 30.5 Å². The highest BCUT2D eigenvalue weighted by Gasteiger charge is 2.34. The number of fused-ring (bicyclic) bond motifs is 1. The van der Waals surface area contributed by atoms with Crippen molar-refractivity contribution < 1.29 is 14.4 Å². The van der Waals surface area contributed by atoms with Crippen LogP contribution in [0.3, 0.4) is 0 Å². The van der Waals surface area contributed by atoms with E-state index in [9.17, 15) is 14.4 Å². The van der Waals surface area contributed by atoms with Gasteiger partial charge in [-0.1, -0.05) is 18.2 Å². The molecular formula is C19H24N4O3. The number of hydrogen-bond donors (Lipinski definition) is 3. The largest absolute Gasteiger partial charge is 0.361 e. The minimum absolute atomic E-state index is 0.0964. The number of piperazine rings is 1. The lowest BCUT2D eigenvalue weighted by Crippen LogP contribution is -2.60. The molecular weight excluding hydrogens is 332 g/mol. The van der Waals surface area contributed by atoms with E-state index >= 15 is 0 Å². The number of amides is 3. The summed E-state index contributed by atoms with van der Waals surface area (Å²) in [4.78, 5) is 41.4. The molecule has 138 valence electrons. The zero-order valence-electron chi connectivity index (χ0n) is 15.3. The summed E-state index contributed by atoms with van der Waals surface area (Å²) in [5.74, 6) is -0.761. The van der Waals surface area contributed by atoms with Crippen molar-refractivity contribution in [3.8, 4) is 0 Å². The number of nitrogens with zero attached hydrogens (tertiary/aromatic N) is 1. The van der Waals surface area contributed by atoms with Gasteiger partial charge in [0, 0.05) is 29.1 Å². The maximum Gasteiger partial charge on any atom is 0.246 e. The fraction of sp³-hybridized carbons (Fsp3) is 0.421. The molecule has 2 aromatic rings. The number of benzene rings is 1. The molecule has 0 spiro atoms. The Morgan fingerprint density at radius 3 is 2.73 bits per heavy atom. The molecule has 0 bridgehead atoms. The standard InChI is InChI=1S/C19H24N4O3/c1-19(2,3)22-17(25)11-23-10-16(24)21-15(18(23)26)8-12-9-20-14-7-5-4-6-13(12)14/h4-7,9,15,20H,8,10-11H2,1-3H3,(H,21,24)(H,22,25)/t15-/m0/s1. The molecule has 1 fully saturated rings. The summed E-state index contributed by atoms with van der Waals surface area (Å²) in [5, 5.41) is 6.59. The number of H-pyrrole nitrogens is 1. The Morgan fingerprint density at radius 1 is 1.27 bits per heavy atom. The molecule has 1 aromatic carbocycles. The van der Waals surface area contributed by atoms with Crippen LogP contribution in [0, 0.1) is 0 Å². The van der Waals surface area contributed by atoms with Gasteiger partial charge in [-0.2, -0.15) is 0 Å². The van der Waals surface area contributed by atoms with Gasteiger partial charge in [-0.3, -0.25) is 14.4 Å². The summed E-state index contributed by atoms with van der Waals surface area (Å²) in [6.45, 7) is 5.40. The maximum absolute atomic E-state index is 12.8. The molecule has 7 nitrogen and oxygen atoms in total. The fourth-order valence-electron chi connectivity index (χ4n) is 3.20. The van der Waals surface area contributed by atoms with Crippen LogP contribution in [-0.4, -0.2) is 52.3 Å². The van der Waals surface area contributed by atoms with Gasteiger partial charge < -0.3 is 20.5 Å². The van der Waals surface area contributed by atoms with Gasteiger partial charge in [-0.15, -0.1) is 0 Å². The molecule has 0 aliphatic carbocycles. The lowest BCUT2D eigenvalue weighted by atomic mass is 10.0. The minimum atomic E-state index is -0.669. The molecule has 1 saturated heterocycles. The van der Waals surface area contributed by atoms with Crippen molar-refractivity contribution >= 4 is 28.6 Å². The highest BCUT2D eigenvalue weighted by Crippen LogP contribution is 2.20. The third-order valence-electron chi connectivity index (χ3n) is 4.23. The molecule has 7 heteroatoms. The van der Waals surface area contributed by atoms with Gasteiger partial charge >= 0.3 is 0 Å². The molecule has 0 unspecified atom stereocenters. The first-order valence-corrected chi connectivity index (χ1v) is 8.67. The van der Waals surface area contributed by atoms with Crippen LogP contribution < -0.4 is 10.6 Å². The topological polar surface area (TPSA) is 94.3 Å². The van der Waals surface area contributed by atoms with Gasteiger partial charge in [0.15, 0.2) is 0 Å². The van der Waals surface area contributed by atoms with E-state index in [1.807, 2.05) is 51.2 Å². The van der Waals surface area contributed by atoms with E-state index in [1.54, 1.807) is 0 Å². The molecule has 1 atom stereocenters. The van der Waals surface area contributed by atoms with Crippen LogP contribution in [-0.2, 0) is 20.8 Å². The molecule has 3 amide bonds. The van der Waals surface area contributed by atoms with E-state index in [1.165, 1.54) is 4.90 Å². The second-order valence-corrected chi connectivity index (χ2v) is 7.68. The van der Waals surface area contributed by atoms with Crippen LogP contribution >= 0.6 is 0 Å². The average Bonchev–Trinajstić information content (AvgIpc) is 2.93. The van der Waals surface area contributed by atoms with E-state index < -0.39 is 6.04 Å². The number of aromatic nitrogens is 1. The molecule has 1 aliphatic heterocycles. The van der Waals surface area contributed by atoms with Crippen LogP contribution in [0.1, 0.15) is 26.3 Å². The molecule has 2 heterocycles. The minimum Gasteiger partial charge on any atom is -0.361 e. The number of carbonyl (C=O) groups excluding carboxylic acids is 3. The summed E-state index contributed by atoms with van der Waals surface area (Å²) >= 11 is 0. The number of carbonyl (C=O) groups is 3. The zero-order valence-corrected chi connectivity index (χ0v) is 15.3. The van der Waals surface area contributed by atoms with Gasteiger partial charge in [0.2, 0.25) is 17.7 Å². The van der Waals surface area contributed by atoms with Gasteiger partial charge in [-0.25, -0.2) is 0 Å². The van der Waals surface area contributed by atoms with Gasteiger partial charge in [0.25, 0.3) is 0 Å². The highest BCUT2D eigenvalue weighted by molar-refractivity contribution is 5.97. The smallest absolute Gasteiger partial charge is 0.246 e. The lowest BCUT2D eigenvalue weighted by Gasteiger charge is -2.33. The first-order valence-electron chi connectivity index (χ1n) is 8.67. The Bertz CT molecular complexity index is 850. The Kier molecular flexibility index (Phi) is 4.71. The number of nitrogens with one attached hydrogen (secondary N) is 3. The predicted molar refractivity (Wildman–Crippen MR) is 98.4 cm³/mol. The Labute approximate surface area is 152 Å². The molecule has 3 rings (SSSR count). The SMILES string of the molecule is CC(C)(C)NC(=O)CN1CC(=O)N[C@@H](Cc2c[nH]c3ccccc23)C1=O. The van der Waals surface area contributed by atoms with Crippen molar-refractivity contribution in [2.24, 2.45) is 0 Å². The molecule has 3 N–H and O–H groups in total. The van der Waals surface area contributed by atoms with Gasteiger partial charge in [0.1, 0.15) is 19.1 Å². The highest BCUT2D eigenvalue weighted by atomic mass is 16.2. The number of rotatable bonds is 4. The van der Waals surface area contributed by atoms with Gasteiger partial charge in [0.05, 0.1) is 0 Å². The predicted octanol–water partition coefficient (Wildman–Crippen LogP) is 0.952. The van der Waals surface area contributed by atoms with E-state index in [2.05, 4.69) is 15.6 Å². The Hall–Kier alpha value is -2.83. The van der Waals surface area contributed by atoms with E-state index in [4.69, 9.17) is 0 Å². The van der Waals surface area contributed by atoms with Crippen molar-refractivity contribution in [2.75, 3.05) is 13.1 Å². The Morgan fingerprint density at radius 2 is 2.00 bits per heavy atom. The van der Waals surface area contributed by atoms with Crippen LogP contribution in [0.5, 0.6) is 0 Å². The first kappa shape index (κ1) is 18.0. The monoisotopic (exact) mass is 356 g/mol. The van der Waals surface area contributed by atoms with Crippen LogP contribution in [0.25, 0.3) is 10.9 Å². The zero-order chi connectivity index (χ0) is 18.9. The van der Waals surface area contributed by atoms with E-state index in [-0.39, 0.29) is 36.3 Å². The fourth-order valence-corrected chi connectivity index (χ4v) is 3.20. The van der Waals surface area contributed by atoms with Gasteiger partial charge in [-0.05, 0) is 32.4 Å². The van der Waals surface area contributed by atoms with Crippen molar-refractivity contribution in [3.63, 3.8) is 0 Å². The summed E-state index contributed by atoms with van der Waals surface area (Å²) in [6.07, 6.45) is 2.24. The molecule has 1 aromatic heterocycles. The van der Waals surface area contributed by atoms with Crippen LogP contribution in [0.4, 0.5) is 0 Å². The number of hydrogen-bond acceptors (Lipinski definition) is 3. The normalized spacial score (nSPS) is 18.1. The quantitative estimate of drug-likeness (QED) is 0.761. The number of aromatic amines is 1. The summed E-state index contributed by atoms with van der Waals surface area (Å²) in [7, 11) is 0. The summed E-state index contributed by atoms with van der Waals surface area (Å²) < 4.78 is 0. The molecule has 26 heavy (non-hydrogen) atoms. The molecule has 0 radical (unpaired) electrons. The summed E-state index contributed by atoms with van der Waals surface area (Å²) in [5.41, 5.74) is 1.56. The first-order chi connectivity index (χ1) is 12.2. The van der Waals surface area contributed by atoms with E-state index in [0.717, 1.165) is 16.5 Å². The number of para-hydroxylation sites is 1. The average molecular weight is 356 g/mol. The Balaban J connectivity index is 1.73. The van der Waals surface area contributed by atoms with Crippen molar-refractivity contribution in [3.05, 3.63) is 36.0 Å². The van der Waals surface area contributed by atoms with Crippen molar-refractivity contribution in [1.29, 1.82) is 0 Å². The van der Waals surface area contributed by atoms with Crippen LogP contribution in [0.2, 0.25) is 0 Å². The van der Waals surface area contributed by atoms with E-state index in [0.29, 0.717) is 6.42 Å². The van der Waals surface area contributed by atoms with Crippen molar-refractivity contribution in [1.82, 2.24) is 20.5 Å². The third kappa shape index (κ3) is 4.04. The maximum atomic E-state index is 12.8. The van der Waals surface area contributed by atoms with Crippen molar-refractivity contribution in [2.45, 2.75) is 38.8 Å². The molecule has 0 saturated carbocycles.